The maximum Gasteiger partial charge on any atom is 0.123 e. The topological polar surface area (TPSA) is 35.2 Å². The average molecular weight is 326 g/mol. The average Bonchev–Trinajstić information content (AvgIpc) is 2.74. The van der Waals surface area contributed by atoms with Gasteiger partial charge in [0.25, 0.3) is 0 Å². The van der Waals surface area contributed by atoms with Gasteiger partial charge in [-0.3, -0.25) is 0 Å². The van der Waals surface area contributed by atoms with Crippen molar-refractivity contribution in [3.8, 4) is 5.75 Å². The Balaban J connectivity index is 2.29. The second-order valence-electron chi connectivity index (χ2n) is 4.53. The fourth-order valence-corrected chi connectivity index (χ4v) is 3.64. The van der Waals surface area contributed by atoms with Gasteiger partial charge in [0, 0.05) is 32.3 Å². The quantitative estimate of drug-likeness (QED) is 0.924. The van der Waals surface area contributed by atoms with Gasteiger partial charge in [-0.05, 0) is 35.0 Å². The van der Waals surface area contributed by atoms with E-state index in [-0.39, 0.29) is 0 Å². The van der Waals surface area contributed by atoms with Crippen LogP contribution in [0.4, 0.5) is 0 Å². The molecule has 2 N–H and O–H groups in total. The number of para-hydroxylation sites is 1. The third-order valence-corrected chi connectivity index (χ3v) is 4.58. The molecule has 0 fully saturated rings. The second-order valence-corrected chi connectivity index (χ2v) is 6.44. The summed E-state index contributed by atoms with van der Waals surface area (Å²) in [6, 6.07) is 10.0. The summed E-state index contributed by atoms with van der Waals surface area (Å²) >= 11 is 5.19. The molecule has 0 amide bonds. The van der Waals surface area contributed by atoms with Crippen LogP contribution in [0.3, 0.4) is 0 Å². The van der Waals surface area contributed by atoms with Crippen LogP contribution in [-0.2, 0) is 12.0 Å². The van der Waals surface area contributed by atoms with Gasteiger partial charge in [-0.25, -0.2) is 0 Å². The van der Waals surface area contributed by atoms with Crippen LogP contribution in [0.5, 0.6) is 5.75 Å². The van der Waals surface area contributed by atoms with Crippen molar-refractivity contribution in [1.29, 1.82) is 0 Å². The summed E-state index contributed by atoms with van der Waals surface area (Å²) in [5, 5.41) is 2.08. The highest BCUT2D eigenvalue weighted by Crippen LogP contribution is 2.32. The summed E-state index contributed by atoms with van der Waals surface area (Å²) in [7, 11) is 1.68. The molecule has 0 aliphatic rings. The van der Waals surface area contributed by atoms with Gasteiger partial charge in [-0.2, -0.15) is 0 Å². The number of halogens is 1. The van der Waals surface area contributed by atoms with Gasteiger partial charge >= 0.3 is 0 Å². The van der Waals surface area contributed by atoms with Crippen LogP contribution in [0, 0.1) is 0 Å². The Morgan fingerprint density at radius 3 is 2.72 bits per heavy atom. The molecular formula is C14H16BrNOS. The molecule has 1 atom stereocenters. The Morgan fingerprint density at radius 1 is 1.39 bits per heavy atom. The minimum Gasteiger partial charge on any atom is -0.496 e. The smallest absolute Gasteiger partial charge is 0.123 e. The second kappa shape index (κ2) is 5.43. The van der Waals surface area contributed by atoms with Crippen molar-refractivity contribution in [1.82, 2.24) is 0 Å². The van der Waals surface area contributed by atoms with Crippen LogP contribution in [0.2, 0.25) is 0 Å². The van der Waals surface area contributed by atoms with Crippen molar-refractivity contribution in [3.05, 3.63) is 50.6 Å². The van der Waals surface area contributed by atoms with E-state index in [1.165, 1.54) is 4.88 Å². The summed E-state index contributed by atoms with van der Waals surface area (Å²) < 4.78 is 6.50. The van der Waals surface area contributed by atoms with Crippen LogP contribution < -0.4 is 10.5 Å². The standard InChI is InChI=1S/C14H16BrNOS/c1-14(16,8-11-7-10(15)9-18-11)12-5-3-4-6-13(12)17-2/h3-7,9H,8,16H2,1-2H3. The lowest BCUT2D eigenvalue weighted by atomic mass is 9.88. The van der Waals surface area contributed by atoms with Gasteiger partial charge in [0.05, 0.1) is 7.11 Å². The summed E-state index contributed by atoms with van der Waals surface area (Å²) in [6.07, 6.45) is 0.795. The van der Waals surface area contributed by atoms with Crippen molar-refractivity contribution in [2.24, 2.45) is 5.73 Å². The number of hydrogen-bond acceptors (Lipinski definition) is 3. The van der Waals surface area contributed by atoms with E-state index in [1.54, 1.807) is 18.4 Å². The number of hydrogen-bond donors (Lipinski definition) is 1. The Morgan fingerprint density at radius 2 is 2.11 bits per heavy atom. The molecule has 1 unspecified atom stereocenters. The fourth-order valence-electron chi connectivity index (χ4n) is 2.02. The Labute approximate surface area is 120 Å². The maximum atomic E-state index is 6.47. The maximum absolute atomic E-state index is 6.47. The lowest BCUT2D eigenvalue weighted by Crippen LogP contribution is -2.35. The Kier molecular flexibility index (Phi) is 4.10. The van der Waals surface area contributed by atoms with Gasteiger partial charge < -0.3 is 10.5 Å². The summed E-state index contributed by atoms with van der Waals surface area (Å²) in [5.74, 6) is 0.845. The van der Waals surface area contributed by atoms with Crippen LogP contribution in [-0.4, -0.2) is 7.11 Å². The third kappa shape index (κ3) is 2.94. The largest absolute Gasteiger partial charge is 0.496 e. The lowest BCUT2D eigenvalue weighted by molar-refractivity contribution is 0.387. The molecule has 1 heterocycles. The van der Waals surface area contributed by atoms with Crippen LogP contribution >= 0.6 is 27.3 Å². The van der Waals surface area contributed by atoms with Crippen molar-refractivity contribution in [2.45, 2.75) is 18.9 Å². The molecule has 0 saturated carbocycles. The Bertz CT molecular complexity index is 536. The minimum atomic E-state index is -0.434. The molecule has 1 aromatic carbocycles. The van der Waals surface area contributed by atoms with Crippen molar-refractivity contribution < 1.29 is 4.74 Å². The zero-order chi connectivity index (χ0) is 13.2. The molecule has 2 aromatic rings. The molecule has 0 bridgehead atoms. The van der Waals surface area contributed by atoms with Gasteiger partial charge in [0.15, 0.2) is 0 Å². The first kappa shape index (κ1) is 13.6. The molecule has 0 aliphatic carbocycles. The van der Waals surface area contributed by atoms with E-state index >= 15 is 0 Å². The third-order valence-electron chi connectivity index (χ3n) is 2.89. The highest BCUT2D eigenvalue weighted by atomic mass is 79.9. The molecule has 18 heavy (non-hydrogen) atoms. The molecular weight excluding hydrogens is 310 g/mol. The van der Waals surface area contributed by atoms with Crippen molar-refractivity contribution in [2.75, 3.05) is 7.11 Å². The van der Waals surface area contributed by atoms with E-state index in [2.05, 4.69) is 27.4 Å². The van der Waals surface area contributed by atoms with Crippen LogP contribution in [0.1, 0.15) is 17.4 Å². The van der Waals surface area contributed by atoms with Gasteiger partial charge in [0.1, 0.15) is 5.75 Å². The number of rotatable bonds is 4. The van der Waals surface area contributed by atoms with Crippen LogP contribution in [0.25, 0.3) is 0 Å². The lowest BCUT2D eigenvalue weighted by Gasteiger charge is -2.26. The monoisotopic (exact) mass is 325 g/mol. The predicted octanol–water partition coefficient (Wildman–Crippen LogP) is 3.94. The zero-order valence-corrected chi connectivity index (χ0v) is 12.8. The highest BCUT2D eigenvalue weighted by molar-refractivity contribution is 9.10. The summed E-state index contributed by atoms with van der Waals surface area (Å²) in [5.41, 5.74) is 7.07. The van der Waals surface area contributed by atoms with E-state index in [0.717, 1.165) is 22.2 Å². The molecule has 1 aromatic heterocycles. The van der Waals surface area contributed by atoms with Crippen molar-refractivity contribution in [3.63, 3.8) is 0 Å². The van der Waals surface area contributed by atoms with E-state index in [9.17, 15) is 0 Å². The minimum absolute atomic E-state index is 0.434. The predicted molar refractivity (Wildman–Crippen MR) is 80.3 cm³/mol. The molecule has 0 spiro atoms. The first-order chi connectivity index (χ1) is 8.53. The molecule has 0 radical (unpaired) electrons. The number of methoxy groups -OCH3 is 1. The van der Waals surface area contributed by atoms with E-state index in [1.807, 2.05) is 31.2 Å². The fraction of sp³-hybridized carbons (Fsp3) is 0.286. The normalized spacial score (nSPS) is 14.2. The van der Waals surface area contributed by atoms with Gasteiger partial charge in [0.2, 0.25) is 0 Å². The molecule has 4 heteroatoms. The first-order valence-electron chi connectivity index (χ1n) is 5.68. The number of thiophene rings is 1. The SMILES string of the molecule is COc1ccccc1C(C)(N)Cc1cc(Br)cs1. The molecule has 2 rings (SSSR count). The van der Waals surface area contributed by atoms with Gasteiger partial charge in [-0.1, -0.05) is 18.2 Å². The van der Waals surface area contributed by atoms with Gasteiger partial charge in [-0.15, -0.1) is 11.3 Å². The summed E-state index contributed by atoms with van der Waals surface area (Å²) in [6.45, 7) is 2.04. The highest BCUT2D eigenvalue weighted by Gasteiger charge is 2.25. The number of benzene rings is 1. The van der Waals surface area contributed by atoms with E-state index in [0.29, 0.717) is 0 Å². The number of nitrogens with two attached hydrogens (primary N) is 1. The first-order valence-corrected chi connectivity index (χ1v) is 7.35. The van der Waals surface area contributed by atoms with E-state index in [4.69, 9.17) is 10.5 Å². The van der Waals surface area contributed by atoms with Crippen molar-refractivity contribution >= 4 is 27.3 Å². The Hall–Kier alpha value is -0.840. The summed E-state index contributed by atoms with van der Waals surface area (Å²) in [4.78, 5) is 1.26. The molecule has 0 aliphatic heterocycles. The molecule has 0 saturated heterocycles. The molecule has 2 nitrogen and oxygen atoms in total. The molecule has 96 valence electrons. The van der Waals surface area contributed by atoms with E-state index < -0.39 is 5.54 Å². The number of ether oxygens (including phenoxy) is 1. The van der Waals surface area contributed by atoms with Crippen LogP contribution in [0.15, 0.2) is 40.2 Å². The zero-order valence-electron chi connectivity index (χ0n) is 10.4.